The molecule has 4 aliphatic carbocycles. The van der Waals surface area contributed by atoms with Gasteiger partial charge in [-0.15, -0.1) is 0 Å². The normalized spacial score (nSPS) is 52.7. The van der Waals surface area contributed by atoms with Gasteiger partial charge in [-0.3, -0.25) is 9.59 Å². The molecular formula is C21H32O2. The summed E-state index contributed by atoms with van der Waals surface area (Å²) in [5, 5.41) is 0. The summed E-state index contributed by atoms with van der Waals surface area (Å²) in [5.41, 5.74) is 0.587. The largest absolute Gasteiger partial charge is 0.300 e. The molecule has 0 radical (unpaired) electrons. The van der Waals surface area contributed by atoms with Crippen LogP contribution in [-0.2, 0) is 9.59 Å². The number of Topliss-reactive ketones (excluding diaryl/α,β-unsaturated/α-hetero) is 2. The first kappa shape index (κ1) is 15.8. The van der Waals surface area contributed by atoms with Gasteiger partial charge in [-0.25, -0.2) is 0 Å². The Morgan fingerprint density at radius 3 is 2.43 bits per heavy atom. The fourth-order valence-electron chi connectivity index (χ4n) is 7.62. The maximum absolute atomic E-state index is 12.9. The Labute approximate surface area is 140 Å². The fourth-order valence-corrected chi connectivity index (χ4v) is 7.62. The lowest BCUT2D eigenvalue weighted by molar-refractivity contribution is -0.158. The van der Waals surface area contributed by atoms with E-state index < -0.39 is 0 Å². The lowest BCUT2D eigenvalue weighted by Crippen LogP contribution is -2.56. The molecule has 0 bridgehead atoms. The second-order valence-corrected chi connectivity index (χ2v) is 9.58. The highest BCUT2D eigenvalue weighted by atomic mass is 16.1. The lowest BCUT2D eigenvalue weighted by atomic mass is 9.44. The van der Waals surface area contributed by atoms with Crippen molar-refractivity contribution in [3.8, 4) is 0 Å². The van der Waals surface area contributed by atoms with Crippen LogP contribution in [0, 0.1) is 40.4 Å². The lowest BCUT2D eigenvalue weighted by Gasteiger charge is -2.59. The monoisotopic (exact) mass is 316 g/mol. The first-order chi connectivity index (χ1) is 10.9. The first-order valence-electron chi connectivity index (χ1n) is 9.94. The summed E-state index contributed by atoms with van der Waals surface area (Å²) < 4.78 is 0. The molecule has 0 aliphatic heterocycles. The van der Waals surface area contributed by atoms with Gasteiger partial charge in [-0.2, -0.15) is 0 Å². The van der Waals surface area contributed by atoms with Crippen LogP contribution in [0.2, 0.25) is 0 Å². The van der Waals surface area contributed by atoms with Crippen molar-refractivity contribution in [2.75, 3.05) is 0 Å². The van der Waals surface area contributed by atoms with Crippen LogP contribution in [-0.4, -0.2) is 11.6 Å². The zero-order valence-electron chi connectivity index (χ0n) is 15.1. The van der Waals surface area contributed by atoms with Crippen LogP contribution >= 0.6 is 0 Å². The number of ketones is 2. The van der Waals surface area contributed by atoms with E-state index in [-0.39, 0.29) is 11.3 Å². The van der Waals surface area contributed by atoms with Gasteiger partial charge in [-0.1, -0.05) is 27.2 Å². The molecule has 2 heteroatoms. The summed E-state index contributed by atoms with van der Waals surface area (Å²) in [5.74, 6) is 3.70. The number of rotatable bonds is 1. The van der Waals surface area contributed by atoms with Crippen molar-refractivity contribution in [1.29, 1.82) is 0 Å². The molecule has 4 fully saturated rings. The van der Waals surface area contributed by atoms with Crippen molar-refractivity contribution in [2.45, 2.75) is 78.6 Å². The van der Waals surface area contributed by atoms with Gasteiger partial charge in [0.15, 0.2) is 0 Å². The second kappa shape index (κ2) is 5.17. The van der Waals surface area contributed by atoms with Crippen molar-refractivity contribution >= 4 is 11.6 Å². The van der Waals surface area contributed by atoms with Gasteiger partial charge in [0, 0.05) is 25.2 Å². The minimum absolute atomic E-state index is 0.0396. The molecule has 0 heterocycles. The first-order valence-corrected chi connectivity index (χ1v) is 9.94. The summed E-state index contributed by atoms with van der Waals surface area (Å²) in [6.07, 6.45) is 9.63. The standard InChI is InChI=1S/C21H32O2/c1-4-13-5-6-16-15-12-19(23)18-11-14(22)7-9-21(18,3)17(15)8-10-20(13,16)2/h13,15-18H,4-12H2,1-3H3/t13?,15?,16?,17?,18?,20?,21-/m1/s1. The van der Waals surface area contributed by atoms with E-state index in [1.54, 1.807) is 0 Å². The molecule has 0 saturated heterocycles. The van der Waals surface area contributed by atoms with Crippen molar-refractivity contribution in [1.82, 2.24) is 0 Å². The summed E-state index contributed by atoms with van der Waals surface area (Å²) in [7, 11) is 0. The molecule has 0 N–H and O–H groups in total. The topological polar surface area (TPSA) is 34.1 Å². The van der Waals surface area contributed by atoms with Crippen molar-refractivity contribution in [3.63, 3.8) is 0 Å². The second-order valence-electron chi connectivity index (χ2n) is 9.58. The van der Waals surface area contributed by atoms with Crippen LogP contribution in [0.15, 0.2) is 0 Å². The van der Waals surface area contributed by atoms with E-state index in [4.69, 9.17) is 0 Å². The number of carbonyl (C=O) groups excluding carboxylic acids is 2. The minimum Gasteiger partial charge on any atom is -0.300 e. The van der Waals surface area contributed by atoms with E-state index in [9.17, 15) is 9.59 Å². The molecule has 4 saturated carbocycles. The summed E-state index contributed by atoms with van der Waals surface area (Å²) in [6, 6.07) is 0. The van der Waals surface area contributed by atoms with E-state index in [1.807, 2.05) is 0 Å². The van der Waals surface area contributed by atoms with Gasteiger partial charge < -0.3 is 0 Å². The zero-order chi connectivity index (χ0) is 16.4. The van der Waals surface area contributed by atoms with E-state index in [2.05, 4.69) is 20.8 Å². The fraction of sp³-hybridized carbons (Fsp3) is 0.905. The molecule has 0 aromatic rings. The van der Waals surface area contributed by atoms with Crippen LogP contribution in [0.1, 0.15) is 78.6 Å². The third-order valence-corrected chi connectivity index (χ3v) is 8.97. The van der Waals surface area contributed by atoms with Gasteiger partial charge in [0.1, 0.15) is 11.6 Å². The van der Waals surface area contributed by atoms with E-state index in [1.165, 1.54) is 32.1 Å². The molecule has 23 heavy (non-hydrogen) atoms. The van der Waals surface area contributed by atoms with Crippen molar-refractivity contribution in [2.24, 2.45) is 40.4 Å². The molecule has 0 spiro atoms. The van der Waals surface area contributed by atoms with E-state index >= 15 is 0 Å². The smallest absolute Gasteiger partial charge is 0.137 e. The van der Waals surface area contributed by atoms with Gasteiger partial charge in [-0.05, 0) is 66.6 Å². The highest BCUT2D eigenvalue weighted by Crippen LogP contribution is 2.66. The third kappa shape index (κ3) is 2.05. The van der Waals surface area contributed by atoms with Crippen molar-refractivity contribution < 1.29 is 9.59 Å². The maximum atomic E-state index is 12.9. The number of hydrogen-bond donors (Lipinski definition) is 0. The third-order valence-electron chi connectivity index (χ3n) is 8.97. The maximum Gasteiger partial charge on any atom is 0.137 e. The predicted molar refractivity (Wildman–Crippen MR) is 90.9 cm³/mol. The molecule has 2 nitrogen and oxygen atoms in total. The van der Waals surface area contributed by atoms with Gasteiger partial charge in [0.2, 0.25) is 0 Å². The highest BCUT2D eigenvalue weighted by Gasteiger charge is 2.61. The molecular weight excluding hydrogens is 284 g/mol. The molecule has 6 unspecified atom stereocenters. The molecule has 4 aliphatic rings. The Kier molecular flexibility index (Phi) is 3.56. The van der Waals surface area contributed by atoms with E-state index in [0.29, 0.717) is 41.7 Å². The van der Waals surface area contributed by atoms with Crippen LogP contribution < -0.4 is 0 Å². The molecule has 0 aromatic carbocycles. The van der Waals surface area contributed by atoms with Crippen molar-refractivity contribution in [3.05, 3.63) is 0 Å². The summed E-state index contributed by atoms with van der Waals surface area (Å²) >= 11 is 0. The van der Waals surface area contributed by atoms with Gasteiger partial charge >= 0.3 is 0 Å². The predicted octanol–water partition coefficient (Wildman–Crippen LogP) is 4.80. The molecule has 7 atom stereocenters. The Morgan fingerprint density at radius 1 is 0.957 bits per heavy atom. The van der Waals surface area contributed by atoms with Gasteiger partial charge in [0.05, 0.1) is 0 Å². The Balaban J connectivity index is 1.67. The van der Waals surface area contributed by atoms with Crippen LogP contribution in [0.5, 0.6) is 0 Å². The SMILES string of the molecule is CCC1CCC2C3CC(=O)C4CC(=O)CC[C@]4(C)C3CCC12C. The van der Waals surface area contributed by atoms with Crippen LogP contribution in [0.25, 0.3) is 0 Å². The summed E-state index contributed by atoms with van der Waals surface area (Å²) in [6.45, 7) is 7.23. The average Bonchev–Trinajstić information content (AvgIpc) is 2.86. The Morgan fingerprint density at radius 2 is 1.70 bits per heavy atom. The van der Waals surface area contributed by atoms with Crippen LogP contribution in [0.3, 0.4) is 0 Å². The van der Waals surface area contributed by atoms with E-state index in [0.717, 1.165) is 24.7 Å². The Bertz CT molecular complexity index is 538. The molecule has 0 aromatic heterocycles. The quantitative estimate of drug-likeness (QED) is 0.696. The summed E-state index contributed by atoms with van der Waals surface area (Å²) in [4.78, 5) is 24.9. The van der Waals surface area contributed by atoms with Gasteiger partial charge in [0.25, 0.3) is 0 Å². The van der Waals surface area contributed by atoms with Crippen LogP contribution in [0.4, 0.5) is 0 Å². The number of carbonyl (C=O) groups is 2. The average molecular weight is 316 g/mol. The molecule has 0 amide bonds. The molecule has 4 rings (SSSR count). The number of hydrogen-bond acceptors (Lipinski definition) is 2. The minimum atomic E-state index is 0.0396. The Hall–Kier alpha value is -0.660. The highest BCUT2D eigenvalue weighted by molar-refractivity contribution is 5.90. The molecule has 128 valence electrons. The zero-order valence-corrected chi connectivity index (χ0v) is 15.1. The number of fused-ring (bicyclic) bond motifs is 5.